The van der Waals surface area contributed by atoms with Gasteiger partial charge in [-0.25, -0.2) is 15.0 Å². The molecule has 1 aliphatic rings. The Morgan fingerprint density at radius 3 is 2.46 bits per heavy atom. The molecule has 2 N–H and O–H groups in total. The number of nitrogens with one attached hydrogen (secondary N) is 2. The third-order valence-electron chi connectivity index (χ3n) is 4.32. The molecule has 0 aliphatic carbocycles. The number of amides is 2. The van der Waals surface area contributed by atoms with E-state index in [0.29, 0.717) is 50.7 Å². The number of piperidine rings is 1. The Morgan fingerprint density at radius 2 is 1.77 bits per heavy atom. The third kappa shape index (κ3) is 4.98. The lowest BCUT2D eigenvalue weighted by atomic mass is 9.95. The molecular formula is C18H22N6O2. The van der Waals surface area contributed by atoms with Gasteiger partial charge in [-0.05, 0) is 31.0 Å². The first kappa shape index (κ1) is 17.8. The minimum Gasteiger partial charge on any atom is -0.354 e. The molecule has 8 heteroatoms. The summed E-state index contributed by atoms with van der Waals surface area (Å²) >= 11 is 0. The van der Waals surface area contributed by atoms with E-state index in [9.17, 15) is 9.59 Å². The van der Waals surface area contributed by atoms with E-state index in [1.165, 1.54) is 0 Å². The fourth-order valence-corrected chi connectivity index (χ4v) is 2.89. The van der Waals surface area contributed by atoms with Crippen molar-refractivity contribution in [3.63, 3.8) is 0 Å². The maximum Gasteiger partial charge on any atom is 0.228 e. The highest BCUT2D eigenvalue weighted by Gasteiger charge is 2.27. The van der Waals surface area contributed by atoms with Gasteiger partial charge < -0.3 is 15.5 Å². The lowest BCUT2D eigenvalue weighted by Gasteiger charge is -2.31. The second-order valence-electron chi connectivity index (χ2n) is 6.11. The molecule has 1 saturated heterocycles. The van der Waals surface area contributed by atoms with Gasteiger partial charge in [0, 0.05) is 50.6 Å². The zero-order valence-corrected chi connectivity index (χ0v) is 14.5. The summed E-state index contributed by atoms with van der Waals surface area (Å²) in [5.41, 5.74) is 0. The SMILES string of the molecule is O=C(Nc1ccccn1)C1CCN(C(=O)CCNc2ncccn2)CC1. The second-order valence-corrected chi connectivity index (χ2v) is 6.11. The van der Waals surface area contributed by atoms with E-state index in [0.717, 1.165) is 0 Å². The van der Waals surface area contributed by atoms with E-state index >= 15 is 0 Å². The summed E-state index contributed by atoms with van der Waals surface area (Å²) in [5, 5.41) is 5.86. The van der Waals surface area contributed by atoms with Crippen molar-refractivity contribution in [2.45, 2.75) is 19.3 Å². The minimum absolute atomic E-state index is 0.0290. The normalized spacial score (nSPS) is 14.7. The van der Waals surface area contributed by atoms with Gasteiger partial charge in [0.05, 0.1) is 0 Å². The number of carbonyl (C=O) groups is 2. The van der Waals surface area contributed by atoms with Gasteiger partial charge in [-0.15, -0.1) is 0 Å². The molecule has 1 fully saturated rings. The quantitative estimate of drug-likeness (QED) is 0.816. The minimum atomic E-state index is -0.0862. The first-order chi connectivity index (χ1) is 12.7. The lowest BCUT2D eigenvalue weighted by molar-refractivity contribution is -0.134. The Labute approximate surface area is 152 Å². The van der Waals surface area contributed by atoms with Crippen molar-refractivity contribution in [2.75, 3.05) is 30.3 Å². The summed E-state index contributed by atoms with van der Waals surface area (Å²) in [6.45, 7) is 1.69. The highest BCUT2D eigenvalue weighted by atomic mass is 16.2. The Balaban J connectivity index is 1.38. The van der Waals surface area contributed by atoms with E-state index in [1.807, 2.05) is 11.0 Å². The van der Waals surface area contributed by atoms with Crippen molar-refractivity contribution in [1.29, 1.82) is 0 Å². The van der Waals surface area contributed by atoms with Gasteiger partial charge in [0.25, 0.3) is 0 Å². The number of hydrogen-bond acceptors (Lipinski definition) is 6. The standard InChI is InChI=1S/C18H22N6O2/c25-16(5-11-22-18-20-9-3-10-21-18)24-12-6-14(7-13-24)17(26)23-15-4-1-2-8-19-15/h1-4,8-10,14H,5-7,11-13H2,(H,19,23,26)(H,20,21,22). The van der Waals surface area contributed by atoms with E-state index in [1.54, 1.807) is 36.8 Å². The maximum atomic E-state index is 12.3. The van der Waals surface area contributed by atoms with Crippen LogP contribution in [0.5, 0.6) is 0 Å². The van der Waals surface area contributed by atoms with E-state index < -0.39 is 0 Å². The van der Waals surface area contributed by atoms with Gasteiger partial charge in [-0.1, -0.05) is 6.07 Å². The molecule has 0 radical (unpaired) electrons. The first-order valence-electron chi connectivity index (χ1n) is 8.73. The molecule has 0 saturated carbocycles. The van der Waals surface area contributed by atoms with Crippen molar-refractivity contribution < 1.29 is 9.59 Å². The highest BCUT2D eigenvalue weighted by molar-refractivity contribution is 5.91. The van der Waals surface area contributed by atoms with Crippen LogP contribution in [-0.4, -0.2) is 51.3 Å². The van der Waals surface area contributed by atoms with Crippen LogP contribution in [0.25, 0.3) is 0 Å². The molecule has 2 aromatic rings. The second kappa shape index (κ2) is 8.89. The Kier molecular flexibility index (Phi) is 6.08. The van der Waals surface area contributed by atoms with Crippen LogP contribution in [-0.2, 0) is 9.59 Å². The van der Waals surface area contributed by atoms with Crippen LogP contribution in [0.1, 0.15) is 19.3 Å². The van der Waals surface area contributed by atoms with Gasteiger partial charge in [-0.2, -0.15) is 0 Å². The number of rotatable bonds is 6. The average molecular weight is 354 g/mol. The van der Waals surface area contributed by atoms with Gasteiger partial charge in [0.15, 0.2) is 0 Å². The summed E-state index contributed by atoms with van der Waals surface area (Å²) in [4.78, 5) is 38.6. The first-order valence-corrected chi connectivity index (χ1v) is 8.73. The Hall–Kier alpha value is -3.03. The molecule has 2 amide bonds. The van der Waals surface area contributed by atoms with Crippen LogP contribution < -0.4 is 10.6 Å². The molecule has 136 valence electrons. The Bertz CT molecular complexity index is 717. The van der Waals surface area contributed by atoms with Crippen LogP contribution in [0.2, 0.25) is 0 Å². The summed E-state index contributed by atoms with van der Waals surface area (Å²) < 4.78 is 0. The topological polar surface area (TPSA) is 100 Å². The zero-order chi connectivity index (χ0) is 18.2. The van der Waals surface area contributed by atoms with Gasteiger partial charge in [-0.3, -0.25) is 9.59 Å². The van der Waals surface area contributed by atoms with Crippen LogP contribution in [0, 0.1) is 5.92 Å². The van der Waals surface area contributed by atoms with E-state index in [4.69, 9.17) is 0 Å². The number of likely N-dealkylation sites (tertiary alicyclic amines) is 1. The molecule has 0 unspecified atom stereocenters. The van der Waals surface area contributed by atoms with E-state index in [2.05, 4.69) is 25.6 Å². The fraction of sp³-hybridized carbons (Fsp3) is 0.389. The predicted molar refractivity (Wildman–Crippen MR) is 97.3 cm³/mol. The summed E-state index contributed by atoms with van der Waals surface area (Å²) in [7, 11) is 0. The van der Waals surface area contributed by atoms with Gasteiger partial charge in [0.2, 0.25) is 17.8 Å². The lowest BCUT2D eigenvalue weighted by Crippen LogP contribution is -2.42. The molecule has 2 aromatic heterocycles. The molecule has 1 aliphatic heterocycles. The zero-order valence-electron chi connectivity index (χ0n) is 14.5. The number of anilines is 2. The maximum absolute atomic E-state index is 12.3. The van der Waals surface area contributed by atoms with Crippen molar-refractivity contribution in [2.24, 2.45) is 5.92 Å². The Morgan fingerprint density at radius 1 is 1.04 bits per heavy atom. The molecule has 3 rings (SSSR count). The smallest absolute Gasteiger partial charge is 0.228 e. The van der Waals surface area contributed by atoms with Crippen molar-refractivity contribution in [3.05, 3.63) is 42.9 Å². The molecule has 26 heavy (non-hydrogen) atoms. The third-order valence-corrected chi connectivity index (χ3v) is 4.32. The molecule has 8 nitrogen and oxygen atoms in total. The van der Waals surface area contributed by atoms with Crippen LogP contribution in [0.15, 0.2) is 42.9 Å². The van der Waals surface area contributed by atoms with Crippen molar-refractivity contribution in [1.82, 2.24) is 19.9 Å². The number of nitrogens with zero attached hydrogens (tertiary/aromatic N) is 4. The number of hydrogen-bond donors (Lipinski definition) is 2. The van der Waals surface area contributed by atoms with Crippen molar-refractivity contribution >= 4 is 23.6 Å². The predicted octanol–water partition coefficient (Wildman–Crippen LogP) is 1.55. The summed E-state index contributed by atoms with van der Waals surface area (Å²) in [6, 6.07) is 7.14. The highest BCUT2D eigenvalue weighted by Crippen LogP contribution is 2.19. The van der Waals surface area contributed by atoms with Gasteiger partial charge in [0.1, 0.15) is 5.82 Å². The van der Waals surface area contributed by atoms with Crippen LogP contribution in [0.3, 0.4) is 0 Å². The largest absolute Gasteiger partial charge is 0.354 e. The van der Waals surface area contributed by atoms with Gasteiger partial charge >= 0.3 is 0 Å². The van der Waals surface area contributed by atoms with Crippen LogP contribution in [0.4, 0.5) is 11.8 Å². The molecule has 0 atom stereocenters. The van der Waals surface area contributed by atoms with Crippen molar-refractivity contribution in [3.8, 4) is 0 Å². The average Bonchev–Trinajstić information content (AvgIpc) is 2.69. The summed E-state index contributed by atoms with van der Waals surface area (Å²) in [6.07, 6.45) is 6.66. The number of pyridine rings is 1. The molecule has 0 spiro atoms. The monoisotopic (exact) mass is 354 g/mol. The molecule has 3 heterocycles. The summed E-state index contributed by atoms with van der Waals surface area (Å²) in [5.74, 6) is 1.04. The molecule has 0 bridgehead atoms. The van der Waals surface area contributed by atoms with E-state index in [-0.39, 0.29) is 17.7 Å². The number of aromatic nitrogens is 3. The molecule has 0 aromatic carbocycles. The fourth-order valence-electron chi connectivity index (χ4n) is 2.89. The number of carbonyl (C=O) groups excluding carboxylic acids is 2. The molecular weight excluding hydrogens is 332 g/mol. The van der Waals surface area contributed by atoms with Crippen LogP contribution >= 0.6 is 0 Å².